The van der Waals surface area contributed by atoms with Gasteiger partial charge in [0, 0.05) is 50.6 Å². The van der Waals surface area contributed by atoms with Crippen LogP contribution in [0, 0.1) is 0 Å². The lowest BCUT2D eigenvalue weighted by molar-refractivity contribution is 0.0573. The Bertz CT molecular complexity index is 794. The van der Waals surface area contributed by atoms with Crippen LogP contribution in [-0.2, 0) is 0 Å². The molecule has 0 N–H and O–H groups in total. The molecule has 5 rings (SSSR count). The Balaban J connectivity index is 1.43. The van der Waals surface area contributed by atoms with Crippen molar-refractivity contribution in [1.82, 2.24) is 19.4 Å². The van der Waals surface area contributed by atoms with Crippen molar-refractivity contribution in [1.29, 1.82) is 0 Å². The number of fused-ring (bicyclic) bond motifs is 2. The third-order valence-electron chi connectivity index (χ3n) is 6.08. The first-order valence-electron chi connectivity index (χ1n) is 9.55. The van der Waals surface area contributed by atoms with Crippen LogP contribution in [-0.4, -0.2) is 70.6 Å². The summed E-state index contributed by atoms with van der Waals surface area (Å²) in [5, 5.41) is 4.41. The highest BCUT2D eigenvalue weighted by Crippen LogP contribution is 2.26. The molecule has 0 radical (unpaired) electrons. The Morgan fingerprint density at radius 3 is 2.84 bits per heavy atom. The molecule has 3 aliphatic rings. The van der Waals surface area contributed by atoms with Crippen LogP contribution in [0.4, 0.5) is 5.69 Å². The highest BCUT2D eigenvalue weighted by Gasteiger charge is 2.33. The fourth-order valence-corrected chi connectivity index (χ4v) is 4.65. The molecule has 5 heterocycles. The van der Waals surface area contributed by atoms with E-state index in [0.717, 1.165) is 43.8 Å². The summed E-state index contributed by atoms with van der Waals surface area (Å²) in [5.74, 6) is 0.139. The first-order valence-corrected chi connectivity index (χ1v) is 9.55. The van der Waals surface area contributed by atoms with E-state index in [1.165, 1.54) is 37.9 Å². The maximum atomic E-state index is 13.1. The van der Waals surface area contributed by atoms with Crippen molar-refractivity contribution < 1.29 is 4.79 Å². The summed E-state index contributed by atoms with van der Waals surface area (Å²) >= 11 is 0. The number of hydrogen-bond donors (Lipinski definition) is 0. The SMILES string of the molecule is O=C(c1cnn2ccc(N3CCCC3)cc12)N1CCN2CCCC2C1. The minimum absolute atomic E-state index is 0.139. The highest BCUT2D eigenvalue weighted by molar-refractivity contribution is 6.01. The van der Waals surface area contributed by atoms with E-state index in [0.29, 0.717) is 6.04 Å². The summed E-state index contributed by atoms with van der Waals surface area (Å²) in [6, 6.07) is 4.80. The number of carbonyl (C=O) groups excluding carboxylic acids is 1. The average Bonchev–Trinajstić information content (AvgIpc) is 3.39. The number of amides is 1. The summed E-state index contributed by atoms with van der Waals surface area (Å²) in [4.78, 5) is 20.1. The van der Waals surface area contributed by atoms with Crippen molar-refractivity contribution in [3.05, 3.63) is 30.1 Å². The van der Waals surface area contributed by atoms with Gasteiger partial charge in [-0.05, 0) is 44.4 Å². The molecule has 3 aliphatic heterocycles. The molecule has 3 fully saturated rings. The van der Waals surface area contributed by atoms with E-state index >= 15 is 0 Å². The number of piperazine rings is 1. The molecule has 3 saturated heterocycles. The van der Waals surface area contributed by atoms with E-state index in [4.69, 9.17) is 0 Å². The Labute approximate surface area is 148 Å². The summed E-state index contributed by atoms with van der Waals surface area (Å²) in [6.07, 6.45) is 8.71. The van der Waals surface area contributed by atoms with Crippen molar-refractivity contribution in [2.45, 2.75) is 31.7 Å². The van der Waals surface area contributed by atoms with Gasteiger partial charge in [-0.3, -0.25) is 9.69 Å². The zero-order valence-electron chi connectivity index (χ0n) is 14.6. The van der Waals surface area contributed by atoms with Gasteiger partial charge in [0.1, 0.15) is 0 Å². The smallest absolute Gasteiger partial charge is 0.257 e. The van der Waals surface area contributed by atoms with Crippen molar-refractivity contribution in [3.8, 4) is 0 Å². The first-order chi connectivity index (χ1) is 12.3. The molecule has 25 heavy (non-hydrogen) atoms. The van der Waals surface area contributed by atoms with Gasteiger partial charge < -0.3 is 9.80 Å². The van der Waals surface area contributed by atoms with Gasteiger partial charge >= 0.3 is 0 Å². The molecule has 0 spiro atoms. The Morgan fingerprint density at radius 1 is 1.08 bits per heavy atom. The summed E-state index contributed by atoms with van der Waals surface area (Å²) in [7, 11) is 0. The molecule has 6 nitrogen and oxygen atoms in total. The van der Waals surface area contributed by atoms with Gasteiger partial charge in [0.15, 0.2) is 0 Å². The Hall–Kier alpha value is -2.08. The number of pyridine rings is 1. The predicted octanol–water partition coefficient (Wildman–Crippen LogP) is 1.85. The van der Waals surface area contributed by atoms with Gasteiger partial charge in [0.2, 0.25) is 0 Å². The largest absolute Gasteiger partial charge is 0.371 e. The van der Waals surface area contributed by atoms with Gasteiger partial charge in [0.25, 0.3) is 5.91 Å². The molecular weight excluding hydrogens is 314 g/mol. The van der Waals surface area contributed by atoms with Crippen LogP contribution >= 0.6 is 0 Å². The number of aromatic nitrogens is 2. The maximum Gasteiger partial charge on any atom is 0.257 e. The molecule has 1 unspecified atom stereocenters. The van der Waals surface area contributed by atoms with Gasteiger partial charge in [-0.15, -0.1) is 0 Å². The van der Waals surface area contributed by atoms with Crippen molar-refractivity contribution in [2.75, 3.05) is 44.2 Å². The van der Waals surface area contributed by atoms with Crippen LogP contribution in [0.2, 0.25) is 0 Å². The zero-order valence-corrected chi connectivity index (χ0v) is 14.6. The van der Waals surface area contributed by atoms with Crippen LogP contribution in [0.5, 0.6) is 0 Å². The molecule has 132 valence electrons. The molecule has 2 aromatic heterocycles. The van der Waals surface area contributed by atoms with Crippen molar-refractivity contribution >= 4 is 17.1 Å². The number of carbonyl (C=O) groups is 1. The summed E-state index contributed by atoms with van der Waals surface area (Å²) < 4.78 is 1.83. The van der Waals surface area contributed by atoms with Gasteiger partial charge in [-0.1, -0.05) is 0 Å². The molecular formula is C19H25N5O. The minimum atomic E-state index is 0.139. The molecule has 6 heteroatoms. The lowest BCUT2D eigenvalue weighted by atomic mass is 10.1. The molecule has 1 amide bonds. The lowest BCUT2D eigenvalue weighted by Crippen LogP contribution is -2.52. The monoisotopic (exact) mass is 339 g/mol. The topological polar surface area (TPSA) is 44.1 Å². The second-order valence-electron chi connectivity index (χ2n) is 7.55. The predicted molar refractivity (Wildman–Crippen MR) is 97.1 cm³/mol. The molecule has 0 aromatic carbocycles. The Kier molecular flexibility index (Phi) is 3.66. The van der Waals surface area contributed by atoms with Crippen LogP contribution < -0.4 is 4.90 Å². The quantitative estimate of drug-likeness (QED) is 0.838. The standard InChI is InChI=1S/C19H25N5O/c25-19(23-11-10-22-8-3-4-16(22)14-23)17-13-20-24-9-5-15(12-18(17)24)21-6-1-2-7-21/h5,9,12-13,16H,1-4,6-8,10-11,14H2. The third kappa shape index (κ3) is 2.59. The average molecular weight is 339 g/mol. The fraction of sp³-hybridized carbons (Fsp3) is 0.579. The normalized spacial score (nSPS) is 24.2. The van der Waals surface area contributed by atoms with E-state index in [1.54, 1.807) is 6.20 Å². The van der Waals surface area contributed by atoms with E-state index in [2.05, 4.69) is 27.0 Å². The summed E-state index contributed by atoms with van der Waals surface area (Å²) in [5.41, 5.74) is 2.89. The highest BCUT2D eigenvalue weighted by atomic mass is 16.2. The number of hydrogen-bond acceptors (Lipinski definition) is 4. The lowest BCUT2D eigenvalue weighted by Gasteiger charge is -2.37. The van der Waals surface area contributed by atoms with Crippen LogP contribution in [0.25, 0.3) is 5.52 Å². The molecule has 2 aromatic rings. The second-order valence-corrected chi connectivity index (χ2v) is 7.55. The zero-order chi connectivity index (χ0) is 16.8. The molecule has 0 saturated carbocycles. The number of nitrogens with zero attached hydrogens (tertiary/aromatic N) is 5. The van der Waals surface area contributed by atoms with E-state index in [9.17, 15) is 4.79 Å². The molecule has 0 aliphatic carbocycles. The van der Waals surface area contributed by atoms with Crippen LogP contribution in [0.15, 0.2) is 24.5 Å². The summed E-state index contributed by atoms with van der Waals surface area (Å²) in [6.45, 7) is 6.12. The van der Waals surface area contributed by atoms with E-state index in [1.807, 2.05) is 15.6 Å². The third-order valence-corrected chi connectivity index (χ3v) is 6.08. The van der Waals surface area contributed by atoms with E-state index in [-0.39, 0.29) is 5.91 Å². The minimum Gasteiger partial charge on any atom is -0.371 e. The van der Waals surface area contributed by atoms with Gasteiger partial charge in [0.05, 0.1) is 17.3 Å². The Morgan fingerprint density at radius 2 is 1.96 bits per heavy atom. The van der Waals surface area contributed by atoms with Crippen molar-refractivity contribution in [3.63, 3.8) is 0 Å². The second kappa shape index (κ2) is 6.02. The maximum absolute atomic E-state index is 13.1. The van der Waals surface area contributed by atoms with Crippen molar-refractivity contribution in [2.24, 2.45) is 0 Å². The first kappa shape index (κ1) is 15.2. The van der Waals surface area contributed by atoms with Gasteiger partial charge in [-0.25, -0.2) is 4.52 Å². The van der Waals surface area contributed by atoms with Crippen LogP contribution in [0.1, 0.15) is 36.0 Å². The molecule has 1 atom stereocenters. The van der Waals surface area contributed by atoms with E-state index < -0.39 is 0 Å². The number of anilines is 1. The molecule has 0 bridgehead atoms. The fourth-order valence-electron chi connectivity index (χ4n) is 4.65. The van der Waals surface area contributed by atoms with Gasteiger partial charge in [-0.2, -0.15) is 5.10 Å². The van der Waals surface area contributed by atoms with Crippen LogP contribution in [0.3, 0.4) is 0 Å². The number of rotatable bonds is 2.